The molecule has 3 aromatic carbocycles. The summed E-state index contributed by atoms with van der Waals surface area (Å²) in [4.78, 5) is 15.7. The Hall–Kier alpha value is -2.65. The van der Waals surface area contributed by atoms with E-state index in [1.807, 2.05) is 43.3 Å². The van der Waals surface area contributed by atoms with E-state index in [1.165, 1.54) is 15.7 Å². The van der Waals surface area contributed by atoms with Gasteiger partial charge in [0, 0.05) is 14.1 Å². The highest BCUT2D eigenvalue weighted by atomic mass is 127. The maximum atomic E-state index is 12.5. The molecule has 1 aliphatic heterocycles. The number of benzene rings is 3. The van der Waals surface area contributed by atoms with E-state index in [-0.39, 0.29) is 5.91 Å². The lowest BCUT2D eigenvalue weighted by molar-refractivity contribution is -0.121. The topological polar surface area (TPSA) is 42.0 Å². The molecule has 164 valence electrons. The molecule has 0 unspecified atom stereocenters. The van der Waals surface area contributed by atoms with Gasteiger partial charge in [0.2, 0.25) is 0 Å². The van der Waals surface area contributed by atoms with Gasteiger partial charge in [-0.3, -0.25) is 9.69 Å². The fourth-order valence-electron chi connectivity index (χ4n) is 3.69. The van der Waals surface area contributed by atoms with Crippen LogP contribution in [0.2, 0.25) is 0 Å². The Morgan fingerprint density at radius 2 is 1.78 bits per heavy atom. The number of ether oxygens (including phenoxy) is 2. The zero-order valence-corrected chi connectivity index (χ0v) is 21.1. The van der Waals surface area contributed by atoms with E-state index in [9.17, 15) is 4.79 Å². The third-order valence-electron chi connectivity index (χ3n) is 5.35. The van der Waals surface area contributed by atoms with Crippen LogP contribution in [0.1, 0.15) is 18.1 Å². The Balaban J connectivity index is 1.66. The largest absolute Gasteiger partial charge is 0.490 e. The number of halogens is 1. The molecule has 4 rings (SSSR count). The summed E-state index contributed by atoms with van der Waals surface area (Å²) >= 11 is 7.56. The van der Waals surface area contributed by atoms with Gasteiger partial charge in [-0.2, -0.15) is 0 Å². The van der Waals surface area contributed by atoms with Gasteiger partial charge in [0.25, 0.3) is 5.91 Å². The van der Waals surface area contributed by atoms with Gasteiger partial charge < -0.3 is 14.4 Å². The first-order valence-corrected chi connectivity index (χ1v) is 11.7. The summed E-state index contributed by atoms with van der Waals surface area (Å²) in [5, 5.41) is 2.84. The number of nitrogens with zero attached hydrogens (tertiary/aromatic N) is 2. The number of thiocarbonyl (C=S) groups is 1. The monoisotopic (exact) mass is 558 g/mol. The van der Waals surface area contributed by atoms with Crippen molar-refractivity contribution >= 4 is 62.7 Å². The summed E-state index contributed by atoms with van der Waals surface area (Å²) in [6.45, 7) is 2.87. The van der Waals surface area contributed by atoms with Crippen LogP contribution in [0.25, 0.3) is 16.8 Å². The van der Waals surface area contributed by atoms with Crippen LogP contribution in [0, 0.1) is 3.57 Å². The molecule has 1 heterocycles. The molecule has 1 amide bonds. The second-order valence-electron chi connectivity index (χ2n) is 7.43. The summed E-state index contributed by atoms with van der Waals surface area (Å²) in [6.07, 6.45) is 1.83. The Kier molecular flexibility index (Phi) is 6.66. The minimum Gasteiger partial charge on any atom is -0.490 e. The minimum atomic E-state index is -0.123. The normalized spacial score (nSPS) is 15.2. The fraction of sp³-hybridized carbons (Fsp3) is 0.200. The van der Waals surface area contributed by atoms with Gasteiger partial charge in [-0.05, 0) is 81.8 Å². The van der Waals surface area contributed by atoms with E-state index in [0.717, 1.165) is 14.7 Å². The van der Waals surface area contributed by atoms with E-state index >= 15 is 0 Å². The van der Waals surface area contributed by atoms with Crippen molar-refractivity contribution in [1.29, 1.82) is 0 Å². The quantitative estimate of drug-likeness (QED) is 0.229. The molecule has 0 aliphatic carbocycles. The number of hydrogen-bond donors (Lipinski definition) is 0. The maximum absolute atomic E-state index is 12.5. The molecule has 1 fully saturated rings. The molecule has 0 radical (unpaired) electrons. The lowest BCUT2D eigenvalue weighted by Gasteiger charge is -2.16. The van der Waals surface area contributed by atoms with Crippen LogP contribution < -0.4 is 9.47 Å². The standard InChI is InChI=1S/C25H23IN2O3S/c1-4-30-22-14-16(13-21-24(29)28(3)25(32)27(21)2)12-20(26)23(22)31-15-18-10-7-9-17-8-5-6-11-19(17)18/h5-14H,4,15H2,1-3H3/b21-13-. The minimum absolute atomic E-state index is 0.123. The number of amides is 1. The van der Waals surface area contributed by atoms with Crippen molar-refractivity contribution in [2.45, 2.75) is 13.5 Å². The van der Waals surface area contributed by atoms with E-state index in [0.29, 0.717) is 35.5 Å². The van der Waals surface area contributed by atoms with Crippen LogP contribution in [-0.2, 0) is 11.4 Å². The molecule has 7 heteroatoms. The Morgan fingerprint density at radius 1 is 1.03 bits per heavy atom. The molecule has 1 saturated heterocycles. The predicted octanol–water partition coefficient (Wildman–Crippen LogP) is 5.45. The van der Waals surface area contributed by atoms with Crippen LogP contribution in [0.15, 0.2) is 60.3 Å². The van der Waals surface area contributed by atoms with Crippen molar-refractivity contribution in [2.24, 2.45) is 0 Å². The number of likely N-dealkylation sites (N-methyl/N-ethyl adjacent to an activating group) is 2. The SMILES string of the molecule is CCOc1cc(/C=C2/C(=O)N(C)C(=S)N2C)cc(I)c1OCc1cccc2ccccc12. The van der Waals surface area contributed by atoms with Crippen LogP contribution in [-0.4, -0.2) is 41.5 Å². The second kappa shape index (κ2) is 9.46. The maximum Gasteiger partial charge on any atom is 0.276 e. The Bertz CT molecular complexity index is 1240. The van der Waals surface area contributed by atoms with Gasteiger partial charge in [0.05, 0.1) is 10.2 Å². The van der Waals surface area contributed by atoms with Crippen molar-refractivity contribution in [1.82, 2.24) is 9.80 Å². The molecule has 0 saturated carbocycles. The average molecular weight is 558 g/mol. The predicted molar refractivity (Wildman–Crippen MR) is 140 cm³/mol. The lowest BCUT2D eigenvalue weighted by atomic mass is 10.1. The van der Waals surface area contributed by atoms with Crippen LogP contribution >= 0.6 is 34.8 Å². The second-order valence-corrected chi connectivity index (χ2v) is 8.95. The highest BCUT2D eigenvalue weighted by Crippen LogP contribution is 2.36. The summed E-state index contributed by atoms with van der Waals surface area (Å²) in [6, 6.07) is 18.4. The number of carbonyl (C=O) groups is 1. The first kappa shape index (κ1) is 22.5. The fourth-order valence-corrected chi connectivity index (χ4v) is 4.65. The zero-order chi connectivity index (χ0) is 22.8. The molecule has 3 aromatic rings. The van der Waals surface area contributed by atoms with Crippen LogP contribution in [0.3, 0.4) is 0 Å². The van der Waals surface area contributed by atoms with Crippen molar-refractivity contribution in [3.05, 3.63) is 75.0 Å². The molecular weight excluding hydrogens is 535 g/mol. The molecule has 0 atom stereocenters. The molecule has 32 heavy (non-hydrogen) atoms. The average Bonchev–Trinajstić information content (AvgIpc) is 2.97. The van der Waals surface area contributed by atoms with E-state index in [1.54, 1.807) is 19.0 Å². The van der Waals surface area contributed by atoms with Crippen molar-refractivity contribution in [3.63, 3.8) is 0 Å². The number of carbonyl (C=O) groups excluding carboxylic acids is 1. The molecule has 0 bridgehead atoms. The highest BCUT2D eigenvalue weighted by Gasteiger charge is 2.32. The number of fused-ring (bicyclic) bond motifs is 1. The smallest absolute Gasteiger partial charge is 0.276 e. The molecule has 1 aliphatic rings. The van der Waals surface area contributed by atoms with Gasteiger partial charge in [-0.15, -0.1) is 0 Å². The first-order chi connectivity index (χ1) is 15.4. The third-order valence-corrected chi connectivity index (χ3v) is 6.70. The number of hydrogen-bond acceptors (Lipinski definition) is 4. The van der Waals surface area contributed by atoms with Crippen molar-refractivity contribution in [3.8, 4) is 11.5 Å². The Labute approximate surface area is 206 Å². The van der Waals surface area contributed by atoms with Gasteiger partial charge in [0.15, 0.2) is 16.6 Å². The molecule has 0 N–H and O–H groups in total. The molecular formula is C25H23IN2O3S. The Morgan fingerprint density at radius 3 is 2.50 bits per heavy atom. The molecule has 5 nitrogen and oxygen atoms in total. The third kappa shape index (κ3) is 4.31. The molecule has 0 spiro atoms. The van der Waals surface area contributed by atoms with Gasteiger partial charge >= 0.3 is 0 Å². The molecule has 0 aromatic heterocycles. The van der Waals surface area contributed by atoms with E-state index in [4.69, 9.17) is 21.7 Å². The first-order valence-electron chi connectivity index (χ1n) is 10.2. The summed E-state index contributed by atoms with van der Waals surface area (Å²) in [5.41, 5.74) is 2.49. The summed E-state index contributed by atoms with van der Waals surface area (Å²) in [5.74, 6) is 1.22. The lowest BCUT2D eigenvalue weighted by Crippen LogP contribution is -2.26. The number of rotatable bonds is 6. The van der Waals surface area contributed by atoms with Crippen LogP contribution in [0.4, 0.5) is 0 Å². The van der Waals surface area contributed by atoms with E-state index < -0.39 is 0 Å². The van der Waals surface area contributed by atoms with Crippen molar-refractivity contribution < 1.29 is 14.3 Å². The van der Waals surface area contributed by atoms with Gasteiger partial charge in [0.1, 0.15) is 12.3 Å². The van der Waals surface area contributed by atoms with Gasteiger partial charge in [-0.25, -0.2) is 0 Å². The van der Waals surface area contributed by atoms with E-state index in [2.05, 4.69) is 46.9 Å². The summed E-state index contributed by atoms with van der Waals surface area (Å²) < 4.78 is 13.1. The van der Waals surface area contributed by atoms with Crippen molar-refractivity contribution in [2.75, 3.05) is 20.7 Å². The van der Waals surface area contributed by atoms with Crippen LogP contribution in [0.5, 0.6) is 11.5 Å². The zero-order valence-electron chi connectivity index (χ0n) is 18.1. The van der Waals surface area contributed by atoms with Gasteiger partial charge in [-0.1, -0.05) is 42.5 Å². The highest BCUT2D eigenvalue weighted by molar-refractivity contribution is 14.1. The summed E-state index contributed by atoms with van der Waals surface area (Å²) in [7, 11) is 3.48.